The van der Waals surface area contributed by atoms with Gasteiger partial charge in [-0.1, -0.05) is 30.0 Å². The summed E-state index contributed by atoms with van der Waals surface area (Å²) in [5.74, 6) is -1.77. The van der Waals surface area contributed by atoms with Crippen LogP contribution >= 0.6 is 11.8 Å². The second-order valence-corrected chi connectivity index (χ2v) is 4.70. The van der Waals surface area contributed by atoms with E-state index < -0.39 is 11.6 Å². The number of hydrogen-bond acceptors (Lipinski definition) is 2. The molecule has 2 rings (SSSR count). The van der Waals surface area contributed by atoms with Gasteiger partial charge in [-0.15, -0.1) is 0 Å². The van der Waals surface area contributed by atoms with Crippen molar-refractivity contribution in [3.8, 4) is 0 Å². The fraction of sp³-hybridized carbons (Fsp3) is 0.0769. The van der Waals surface area contributed by atoms with Gasteiger partial charge in [0.25, 0.3) is 0 Å². The molecule has 2 aromatic rings. The Morgan fingerprint density at radius 2 is 1.76 bits per heavy atom. The molecule has 0 aliphatic carbocycles. The Hall–Kier alpha value is -1.55. The van der Waals surface area contributed by atoms with Gasteiger partial charge in [-0.25, -0.2) is 8.78 Å². The Balaban J connectivity index is 2.43. The summed E-state index contributed by atoms with van der Waals surface area (Å²) in [5.41, 5.74) is 6.91. The monoisotopic (exact) mass is 251 g/mol. The van der Waals surface area contributed by atoms with Crippen LogP contribution in [0, 0.1) is 18.6 Å². The molecular formula is C13H11F2NS. The molecule has 0 atom stereocenters. The highest BCUT2D eigenvalue weighted by Gasteiger charge is 2.13. The number of halogens is 2. The molecule has 0 saturated carbocycles. The second-order valence-electron chi connectivity index (χ2n) is 3.65. The van der Waals surface area contributed by atoms with Crippen molar-refractivity contribution in [2.45, 2.75) is 16.7 Å². The molecule has 0 bridgehead atoms. The largest absolute Gasteiger partial charge is 0.398 e. The lowest BCUT2D eigenvalue weighted by atomic mass is 10.2. The van der Waals surface area contributed by atoms with Crippen molar-refractivity contribution in [2.24, 2.45) is 0 Å². The van der Waals surface area contributed by atoms with E-state index in [0.717, 1.165) is 28.3 Å². The van der Waals surface area contributed by atoms with Crippen molar-refractivity contribution in [1.29, 1.82) is 0 Å². The van der Waals surface area contributed by atoms with Gasteiger partial charge >= 0.3 is 0 Å². The number of rotatable bonds is 2. The minimum Gasteiger partial charge on any atom is -0.398 e. The highest BCUT2D eigenvalue weighted by molar-refractivity contribution is 7.99. The maximum absolute atomic E-state index is 13.6. The standard InChI is InChI=1S/C13H11F2NS/c1-8-4-2-3-5-11(8)17-13-10(16)7-6-9(14)12(13)15/h2-7H,16H2,1H3. The summed E-state index contributed by atoms with van der Waals surface area (Å²) in [6.07, 6.45) is 0. The third-order valence-corrected chi connectivity index (χ3v) is 3.68. The van der Waals surface area contributed by atoms with E-state index in [-0.39, 0.29) is 10.6 Å². The number of nitrogen functional groups attached to an aromatic ring is 1. The van der Waals surface area contributed by atoms with Crippen molar-refractivity contribution in [1.82, 2.24) is 0 Å². The predicted octanol–water partition coefficient (Wildman–Crippen LogP) is 4.01. The zero-order chi connectivity index (χ0) is 12.4. The lowest BCUT2D eigenvalue weighted by Gasteiger charge is -2.09. The minimum atomic E-state index is -0.891. The van der Waals surface area contributed by atoms with E-state index in [1.54, 1.807) is 0 Å². The van der Waals surface area contributed by atoms with Crippen molar-refractivity contribution in [2.75, 3.05) is 5.73 Å². The first-order valence-electron chi connectivity index (χ1n) is 5.06. The zero-order valence-electron chi connectivity index (χ0n) is 9.21. The molecular weight excluding hydrogens is 240 g/mol. The van der Waals surface area contributed by atoms with Gasteiger partial charge in [0, 0.05) is 10.6 Å². The summed E-state index contributed by atoms with van der Waals surface area (Å²) in [5, 5.41) is 0. The fourth-order valence-corrected chi connectivity index (χ4v) is 2.40. The Bertz CT molecular complexity index is 555. The molecule has 0 aliphatic rings. The summed E-state index contributed by atoms with van der Waals surface area (Å²) in [6.45, 7) is 1.91. The van der Waals surface area contributed by atoms with Crippen LogP contribution in [0.3, 0.4) is 0 Å². The molecule has 2 aromatic carbocycles. The van der Waals surface area contributed by atoms with Gasteiger partial charge in [-0.2, -0.15) is 0 Å². The van der Waals surface area contributed by atoms with E-state index >= 15 is 0 Å². The Kier molecular flexibility index (Phi) is 3.33. The van der Waals surface area contributed by atoms with Gasteiger partial charge in [0.2, 0.25) is 0 Å². The van der Waals surface area contributed by atoms with E-state index in [2.05, 4.69) is 0 Å². The Morgan fingerprint density at radius 3 is 2.47 bits per heavy atom. The summed E-state index contributed by atoms with van der Waals surface area (Å²) in [4.78, 5) is 1.00. The zero-order valence-corrected chi connectivity index (χ0v) is 10.0. The van der Waals surface area contributed by atoms with E-state index in [4.69, 9.17) is 5.73 Å². The third-order valence-electron chi connectivity index (χ3n) is 2.39. The third kappa shape index (κ3) is 2.42. The topological polar surface area (TPSA) is 26.0 Å². The molecule has 2 N–H and O–H groups in total. The van der Waals surface area contributed by atoms with Crippen molar-refractivity contribution >= 4 is 17.4 Å². The van der Waals surface area contributed by atoms with Crippen molar-refractivity contribution < 1.29 is 8.78 Å². The van der Waals surface area contributed by atoms with Crippen LogP contribution in [0.15, 0.2) is 46.2 Å². The van der Waals surface area contributed by atoms with Crippen LogP contribution < -0.4 is 5.73 Å². The predicted molar refractivity (Wildman–Crippen MR) is 66.1 cm³/mol. The summed E-state index contributed by atoms with van der Waals surface area (Å²) >= 11 is 1.14. The van der Waals surface area contributed by atoms with Crippen LogP contribution in [0.1, 0.15) is 5.56 Å². The first-order valence-corrected chi connectivity index (χ1v) is 5.88. The lowest BCUT2D eigenvalue weighted by Crippen LogP contribution is -1.95. The number of anilines is 1. The summed E-state index contributed by atoms with van der Waals surface area (Å²) in [7, 11) is 0. The van der Waals surface area contributed by atoms with Crippen LogP contribution in [-0.2, 0) is 0 Å². The number of nitrogens with two attached hydrogens (primary N) is 1. The normalized spacial score (nSPS) is 10.5. The fourth-order valence-electron chi connectivity index (χ4n) is 1.43. The maximum atomic E-state index is 13.6. The van der Waals surface area contributed by atoms with Gasteiger partial charge < -0.3 is 5.73 Å². The van der Waals surface area contributed by atoms with Gasteiger partial charge in [-0.3, -0.25) is 0 Å². The molecule has 0 unspecified atom stereocenters. The molecule has 17 heavy (non-hydrogen) atoms. The first kappa shape index (κ1) is 11.9. The number of hydrogen-bond donors (Lipinski definition) is 1. The highest BCUT2D eigenvalue weighted by atomic mass is 32.2. The van der Waals surface area contributed by atoms with Crippen molar-refractivity contribution in [3.63, 3.8) is 0 Å². The van der Waals surface area contributed by atoms with Crippen LogP contribution in [-0.4, -0.2) is 0 Å². The van der Waals surface area contributed by atoms with Gasteiger partial charge in [0.05, 0.1) is 4.90 Å². The average Bonchev–Trinajstić information content (AvgIpc) is 2.32. The maximum Gasteiger partial charge on any atom is 0.174 e. The average molecular weight is 251 g/mol. The smallest absolute Gasteiger partial charge is 0.174 e. The number of benzene rings is 2. The molecule has 0 amide bonds. The van der Waals surface area contributed by atoms with E-state index in [9.17, 15) is 8.78 Å². The minimum absolute atomic E-state index is 0.138. The molecule has 88 valence electrons. The van der Waals surface area contributed by atoms with E-state index in [0.29, 0.717) is 0 Å². The highest BCUT2D eigenvalue weighted by Crippen LogP contribution is 2.36. The molecule has 4 heteroatoms. The van der Waals surface area contributed by atoms with E-state index in [1.807, 2.05) is 31.2 Å². The molecule has 0 heterocycles. The molecule has 0 saturated heterocycles. The van der Waals surface area contributed by atoms with Gasteiger partial charge in [-0.05, 0) is 30.7 Å². The molecule has 0 aliphatic heterocycles. The second kappa shape index (κ2) is 4.75. The molecule has 0 radical (unpaired) electrons. The van der Waals surface area contributed by atoms with Crippen LogP contribution in [0.5, 0.6) is 0 Å². The summed E-state index contributed by atoms with van der Waals surface area (Å²) < 4.78 is 26.7. The molecule has 1 nitrogen and oxygen atoms in total. The molecule has 0 aromatic heterocycles. The number of aryl methyl sites for hydroxylation is 1. The summed E-state index contributed by atoms with van der Waals surface area (Å²) in [6, 6.07) is 9.92. The quantitative estimate of drug-likeness (QED) is 0.816. The SMILES string of the molecule is Cc1ccccc1Sc1c(N)ccc(F)c1F. The lowest BCUT2D eigenvalue weighted by molar-refractivity contribution is 0.492. The van der Waals surface area contributed by atoms with Crippen LogP contribution in [0.4, 0.5) is 14.5 Å². The van der Waals surface area contributed by atoms with Gasteiger partial charge in [0.1, 0.15) is 0 Å². The Morgan fingerprint density at radius 1 is 1.06 bits per heavy atom. The molecule has 0 fully saturated rings. The van der Waals surface area contributed by atoms with Gasteiger partial charge in [0.15, 0.2) is 11.6 Å². The van der Waals surface area contributed by atoms with Crippen LogP contribution in [0.2, 0.25) is 0 Å². The van der Waals surface area contributed by atoms with Crippen molar-refractivity contribution in [3.05, 3.63) is 53.6 Å². The molecule has 0 spiro atoms. The first-order chi connectivity index (χ1) is 8.09. The van der Waals surface area contributed by atoms with Crippen LogP contribution in [0.25, 0.3) is 0 Å². The van der Waals surface area contributed by atoms with E-state index in [1.165, 1.54) is 6.07 Å². The Labute approximate surface area is 103 Å².